The van der Waals surface area contributed by atoms with E-state index in [1.54, 1.807) is 10.6 Å². The van der Waals surface area contributed by atoms with Crippen LogP contribution in [0.25, 0.3) is 10.9 Å². The number of aromatic nitrogens is 2. The number of rotatable bonds is 7. The van der Waals surface area contributed by atoms with Crippen LogP contribution in [0.15, 0.2) is 64.5 Å². The van der Waals surface area contributed by atoms with Crippen LogP contribution >= 0.6 is 11.8 Å². The van der Waals surface area contributed by atoms with Gasteiger partial charge in [0, 0.05) is 11.8 Å². The number of aliphatic hydroxyl groups is 1. The van der Waals surface area contributed by atoms with Crippen molar-refractivity contribution < 1.29 is 9.84 Å². The molecule has 3 rings (SSSR count). The highest BCUT2D eigenvalue weighted by Crippen LogP contribution is 2.21. The van der Waals surface area contributed by atoms with E-state index >= 15 is 0 Å². The van der Waals surface area contributed by atoms with E-state index in [0.717, 1.165) is 5.75 Å². The molecule has 0 aliphatic heterocycles. The van der Waals surface area contributed by atoms with Gasteiger partial charge in [-0.15, -0.1) is 0 Å². The van der Waals surface area contributed by atoms with E-state index in [0.29, 0.717) is 21.8 Å². The minimum atomic E-state index is -0.663. The van der Waals surface area contributed by atoms with Gasteiger partial charge in [0.1, 0.15) is 12.4 Å². The lowest BCUT2D eigenvalue weighted by atomic mass is 10.2. The average molecular weight is 370 g/mol. The van der Waals surface area contributed by atoms with E-state index in [1.807, 2.05) is 62.4 Å². The molecule has 0 unspecified atom stereocenters. The molecule has 1 heterocycles. The number of aliphatic hydroxyl groups excluding tert-OH is 1. The van der Waals surface area contributed by atoms with Crippen molar-refractivity contribution in [2.24, 2.45) is 0 Å². The molecule has 136 valence electrons. The third kappa shape index (κ3) is 4.26. The molecule has 0 fully saturated rings. The number of thioether (sulfide) groups is 1. The fraction of sp³-hybridized carbons (Fsp3) is 0.300. The van der Waals surface area contributed by atoms with E-state index < -0.39 is 6.10 Å². The number of hydrogen-bond donors (Lipinski definition) is 1. The Morgan fingerprint density at radius 1 is 1.12 bits per heavy atom. The highest BCUT2D eigenvalue weighted by Gasteiger charge is 2.15. The number of fused-ring (bicyclic) bond motifs is 1. The zero-order chi connectivity index (χ0) is 18.5. The Morgan fingerprint density at radius 3 is 2.54 bits per heavy atom. The van der Waals surface area contributed by atoms with Crippen molar-refractivity contribution in [3.05, 3.63) is 65.0 Å². The Labute approximate surface area is 156 Å². The zero-order valence-electron chi connectivity index (χ0n) is 14.8. The van der Waals surface area contributed by atoms with Gasteiger partial charge in [0.15, 0.2) is 5.16 Å². The first-order valence-corrected chi connectivity index (χ1v) is 9.55. The summed E-state index contributed by atoms with van der Waals surface area (Å²) in [6.45, 7) is 4.10. The molecule has 0 aliphatic rings. The molecule has 2 aromatic carbocycles. The topological polar surface area (TPSA) is 64.3 Å². The van der Waals surface area contributed by atoms with Crippen molar-refractivity contribution in [1.82, 2.24) is 9.55 Å². The quantitative estimate of drug-likeness (QED) is 0.509. The third-order valence-electron chi connectivity index (χ3n) is 3.88. The van der Waals surface area contributed by atoms with Crippen molar-refractivity contribution in [3.8, 4) is 5.75 Å². The predicted octanol–water partition coefficient (Wildman–Crippen LogP) is 3.51. The van der Waals surface area contributed by atoms with Gasteiger partial charge in [-0.3, -0.25) is 9.36 Å². The minimum Gasteiger partial charge on any atom is -0.491 e. The van der Waals surface area contributed by atoms with E-state index in [-0.39, 0.29) is 18.2 Å². The van der Waals surface area contributed by atoms with Crippen LogP contribution in [0, 0.1) is 0 Å². The summed E-state index contributed by atoms with van der Waals surface area (Å²) in [5, 5.41) is 11.4. The number of nitrogens with zero attached hydrogens (tertiary/aromatic N) is 2. The second-order valence-electron chi connectivity index (χ2n) is 6.27. The maximum Gasteiger partial charge on any atom is 0.262 e. The summed E-state index contributed by atoms with van der Waals surface area (Å²) < 4.78 is 7.25. The smallest absolute Gasteiger partial charge is 0.262 e. The second kappa shape index (κ2) is 8.38. The van der Waals surface area contributed by atoms with Gasteiger partial charge >= 0.3 is 0 Å². The molecular weight excluding hydrogens is 348 g/mol. The molecule has 5 nitrogen and oxygen atoms in total. The van der Waals surface area contributed by atoms with E-state index in [1.165, 1.54) is 11.8 Å². The summed E-state index contributed by atoms with van der Waals surface area (Å²) in [5.41, 5.74) is 0.620. The maximum absolute atomic E-state index is 12.8. The first-order valence-electron chi connectivity index (χ1n) is 8.56. The van der Waals surface area contributed by atoms with Crippen LogP contribution in [0.5, 0.6) is 5.75 Å². The third-order valence-corrected chi connectivity index (χ3v) is 4.98. The Balaban J connectivity index is 1.73. The lowest BCUT2D eigenvalue weighted by Gasteiger charge is -2.17. The fourth-order valence-corrected chi connectivity index (χ4v) is 3.64. The summed E-state index contributed by atoms with van der Waals surface area (Å²) in [7, 11) is 0. The highest BCUT2D eigenvalue weighted by molar-refractivity contribution is 7.99. The summed E-state index contributed by atoms with van der Waals surface area (Å²) >= 11 is 1.37. The second-order valence-corrected chi connectivity index (χ2v) is 7.26. The molecule has 1 aromatic heterocycles. The number of hydrogen-bond acceptors (Lipinski definition) is 5. The average Bonchev–Trinajstić information content (AvgIpc) is 2.65. The van der Waals surface area contributed by atoms with E-state index in [9.17, 15) is 9.90 Å². The molecule has 6 heteroatoms. The molecule has 3 aromatic rings. The Bertz CT molecular complexity index is 925. The number of benzene rings is 2. The standard InChI is InChI=1S/C20H22N2O3S/c1-14(2)22-19(24)17-10-6-7-11-18(17)21-20(22)26-13-15(23)12-25-16-8-4-3-5-9-16/h3-11,14-15,23H,12-13H2,1-2H3/t15-/m1/s1. The molecular formula is C20H22N2O3S. The van der Waals surface area contributed by atoms with Crippen LogP contribution in [0.2, 0.25) is 0 Å². The molecule has 0 amide bonds. The van der Waals surface area contributed by atoms with Crippen molar-refractivity contribution >= 4 is 22.7 Å². The van der Waals surface area contributed by atoms with Crippen LogP contribution in [-0.2, 0) is 0 Å². The zero-order valence-corrected chi connectivity index (χ0v) is 15.6. The summed E-state index contributed by atoms with van der Waals surface area (Å²) in [5.74, 6) is 1.11. The molecule has 0 spiro atoms. The molecule has 1 N–H and O–H groups in total. The Morgan fingerprint density at radius 2 is 1.81 bits per heavy atom. The van der Waals surface area contributed by atoms with Gasteiger partial charge < -0.3 is 9.84 Å². The number of ether oxygens (including phenoxy) is 1. The van der Waals surface area contributed by atoms with E-state index in [4.69, 9.17) is 4.74 Å². The van der Waals surface area contributed by atoms with Crippen LogP contribution in [0.1, 0.15) is 19.9 Å². The lowest BCUT2D eigenvalue weighted by molar-refractivity contribution is 0.126. The highest BCUT2D eigenvalue weighted by atomic mass is 32.2. The number of para-hydroxylation sites is 2. The van der Waals surface area contributed by atoms with Gasteiger partial charge in [-0.1, -0.05) is 42.1 Å². The van der Waals surface area contributed by atoms with Crippen LogP contribution in [0.3, 0.4) is 0 Å². The normalized spacial score (nSPS) is 12.5. The maximum atomic E-state index is 12.8. The van der Waals surface area contributed by atoms with Crippen molar-refractivity contribution in [2.45, 2.75) is 31.1 Å². The summed E-state index contributed by atoms with van der Waals surface area (Å²) in [6.07, 6.45) is -0.663. The van der Waals surface area contributed by atoms with Crippen molar-refractivity contribution in [3.63, 3.8) is 0 Å². The monoisotopic (exact) mass is 370 g/mol. The van der Waals surface area contributed by atoms with Gasteiger partial charge in [-0.2, -0.15) is 0 Å². The largest absolute Gasteiger partial charge is 0.491 e. The van der Waals surface area contributed by atoms with Gasteiger partial charge in [0.05, 0.1) is 17.0 Å². The molecule has 1 atom stereocenters. The first-order chi connectivity index (χ1) is 12.6. The Hall–Kier alpha value is -2.31. The molecule has 0 saturated carbocycles. The van der Waals surface area contributed by atoms with Crippen LogP contribution < -0.4 is 10.3 Å². The van der Waals surface area contributed by atoms with Gasteiger partial charge in [0.2, 0.25) is 0 Å². The van der Waals surface area contributed by atoms with Gasteiger partial charge in [-0.05, 0) is 38.1 Å². The van der Waals surface area contributed by atoms with Crippen LogP contribution in [0.4, 0.5) is 0 Å². The molecule has 0 aliphatic carbocycles. The fourth-order valence-electron chi connectivity index (χ4n) is 2.61. The SMILES string of the molecule is CC(C)n1c(SC[C@H](O)COc2ccccc2)nc2ccccc2c1=O. The van der Waals surface area contributed by atoms with Crippen molar-refractivity contribution in [1.29, 1.82) is 0 Å². The van der Waals surface area contributed by atoms with Crippen molar-refractivity contribution in [2.75, 3.05) is 12.4 Å². The molecule has 0 bridgehead atoms. The van der Waals surface area contributed by atoms with Gasteiger partial charge in [0.25, 0.3) is 5.56 Å². The predicted molar refractivity (Wildman–Crippen MR) is 105 cm³/mol. The van der Waals surface area contributed by atoms with E-state index in [2.05, 4.69) is 4.98 Å². The lowest BCUT2D eigenvalue weighted by Crippen LogP contribution is -2.26. The molecule has 0 saturated heterocycles. The molecule has 0 radical (unpaired) electrons. The van der Waals surface area contributed by atoms with Crippen LogP contribution in [-0.4, -0.2) is 33.1 Å². The first kappa shape index (κ1) is 18.5. The summed E-state index contributed by atoms with van der Waals surface area (Å²) in [4.78, 5) is 17.4. The molecule has 26 heavy (non-hydrogen) atoms. The Kier molecular flexibility index (Phi) is 5.96. The minimum absolute atomic E-state index is 0.0141. The summed E-state index contributed by atoms with van der Waals surface area (Å²) in [6, 6.07) is 16.7. The van der Waals surface area contributed by atoms with Gasteiger partial charge in [-0.25, -0.2) is 4.98 Å².